The van der Waals surface area contributed by atoms with Gasteiger partial charge in [-0.15, -0.1) is 0 Å². The molecule has 4 rings (SSSR count). The zero-order valence-electron chi connectivity index (χ0n) is 16.6. The summed E-state index contributed by atoms with van der Waals surface area (Å²) < 4.78 is 6.52. The quantitative estimate of drug-likeness (QED) is 0.410. The number of rotatable bonds is 4. The molecule has 2 aromatic carbocycles. The number of furan rings is 1. The van der Waals surface area contributed by atoms with Crippen molar-refractivity contribution in [1.82, 2.24) is 5.32 Å². The molecule has 9 heteroatoms. The molecule has 8 nitrogen and oxygen atoms in total. The van der Waals surface area contributed by atoms with E-state index in [2.05, 4.69) is 21.2 Å². The Bertz CT molecular complexity index is 1310. The molecule has 32 heavy (non-hydrogen) atoms. The van der Waals surface area contributed by atoms with Gasteiger partial charge < -0.3 is 9.52 Å². The summed E-state index contributed by atoms with van der Waals surface area (Å²) in [6.07, 6.45) is 1.25. The van der Waals surface area contributed by atoms with Crippen molar-refractivity contribution in [3.63, 3.8) is 0 Å². The number of urea groups is 1. The number of carboxylic acid groups (broad SMARTS) is 1. The minimum atomic E-state index is -1.06. The maximum Gasteiger partial charge on any atom is 0.335 e. The Hall–Kier alpha value is -3.98. The van der Waals surface area contributed by atoms with Gasteiger partial charge in [0, 0.05) is 10.0 Å². The molecule has 2 heterocycles. The smallest absolute Gasteiger partial charge is 0.335 e. The Morgan fingerprint density at radius 3 is 2.47 bits per heavy atom. The number of benzene rings is 2. The van der Waals surface area contributed by atoms with E-state index >= 15 is 0 Å². The molecule has 2 N–H and O–H groups in total. The predicted octanol–water partition coefficient (Wildman–Crippen LogP) is 4.38. The maximum atomic E-state index is 12.9. The number of carboxylic acids is 1. The lowest BCUT2D eigenvalue weighted by Gasteiger charge is -2.26. The van der Waals surface area contributed by atoms with Crippen LogP contribution in [0.15, 0.2) is 69.1 Å². The van der Waals surface area contributed by atoms with Crippen molar-refractivity contribution >= 4 is 51.5 Å². The molecular formula is C23H15BrN2O6. The monoisotopic (exact) mass is 494 g/mol. The van der Waals surface area contributed by atoms with E-state index in [1.165, 1.54) is 12.1 Å². The number of nitrogens with zero attached hydrogens (tertiary/aromatic N) is 1. The molecule has 1 aliphatic heterocycles. The third-order valence-corrected chi connectivity index (χ3v) is 5.46. The first-order chi connectivity index (χ1) is 15.3. The highest BCUT2D eigenvalue weighted by Gasteiger charge is 2.37. The highest BCUT2D eigenvalue weighted by atomic mass is 79.9. The summed E-state index contributed by atoms with van der Waals surface area (Å²) >= 11 is 3.29. The van der Waals surface area contributed by atoms with Gasteiger partial charge in [-0.25, -0.2) is 14.5 Å². The molecule has 4 amide bonds. The number of hydrogen-bond acceptors (Lipinski definition) is 5. The molecule has 3 aromatic rings. The first-order valence-corrected chi connectivity index (χ1v) is 10.2. The summed E-state index contributed by atoms with van der Waals surface area (Å²) in [5, 5.41) is 11.5. The minimum Gasteiger partial charge on any atom is -0.478 e. The second-order valence-electron chi connectivity index (χ2n) is 6.92. The molecule has 0 saturated carbocycles. The zero-order valence-corrected chi connectivity index (χ0v) is 18.2. The Kier molecular flexibility index (Phi) is 5.50. The van der Waals surface area contributed by atoms with Crippen molar-refractivity contribution in [1.29, 1.82) is 0 Å². The van der Waals surface area contributed by atoms with E-state index in [1.807, 2.05) is 0 Å². The number of nitrogens with one attached hydrogen (secondary N) is 1. The summed E-state index contributed by atoms with van der Waals surface area (Å²) in [7, 11) is 0. The highest BCUT2D eigenvalue weighted by molar-refractivity contribution is 9.10. The van der Waals surface area contributed by atoms with Gasteiger partial charge in [0.1, 0.15) is 17.1 Å². The van der Waals surface area contributed by atoms with Crippen LogP contribution in [-0.4, -0.2) is 28.9 Å². The number of carbonyl (C=O) groups excluding carboxylic acids is 3. The van der Waals surface area contributed by atoms with Crippen molar-refractivity contribution in [2.75, 3.05) is 4.90 Å². The van der Waals surface area contributed by atoms with Crippen LogP contribution in [0.25, 0.3) is 17.4 Å². The van der Waals surface area contributed by atoms with Crippen LogP contribution in [0.1, 0.15) is 21.7 Å². The fraction of sp³-hybridized carbons (Fsp3) is 0.0435. The summed E-state index contributed by atoms with van der Waals surface area (Å²) in [5.74, 6) is -2.11. The Labute approximate surface area is 190 Å². The Balaban J connectivity index is 1.69. The maximum absolute atomic E-state index is 12.9. The van der Waals surface area contributed by atoms with Crippen molar-refractivity contribution in [3.05, 3.63) is 81.5 Å². The number of aromatic carboxylic acids is 1. The molecule has 160 valence electrons. The normalized spacial score (nSPS) is 15.2. The first-order valence-electron chi connectivity index (χ1n) is 9.36. The number of hydrogen-bond donors (Lipinski definition) is 2. The summed E-state index contributed by atoms with van der Waals surface area (Å²) in [5.41, 5.74) is 1.26. The van der Waals surface area contributed by atoms with E-state index in [1.54, 1.807) is 55.5 Å². The van der Waals surface area contributed by atoms with E-state index in [0.717, 1.165) is 9.37 Å². The molecule has 0 unspecified atom stereocenters. The number of carbonyl (C=O) groups is 4. The van der Waals surface area contributed by atoms with Crippen molar-refractivity contribution in [2.24, 2.45) is 0 Å². The van der Waals surface area contributed by atoms with Crippen molar-refractivity contribution in [3.8, 4) is 11.3 Å². The van der Waals surface area contributed by atoms with Gasteiger partial charge in [-0.2, -0.15) is 0 Å². The van der Waals surface area contributed by atoms with Gasteiger partial charge in [-0.1, -0.05) is 28.1 Å². The van der Waals surface area contributed by atoms with Crippen LogP contribution in [0, 0.1) is 6.92 Å². The second-order valence-corrected chi connectivity index (χ2v) is 7.84. The molecule has 1 aliphatic rings. The zero-order chi connectivity index (χ0) is 23.0. The van der Waals surface area contributed by atoms with Gasteiger partial charge in [-0.3, -0.25) is 14.9 Å². The van der Waals surface area contributed by atoms with E-state index < -0.39 is 23.8 Å². The van der Waals surface area contributed by atoms with Gasteiger partial charge in [0.15, 0.2) is 0 Å². The molecule has 1 aromatic heterocycles. The molecule has 0 bridgehead atoms. The van der Waals surface area contributed by atoms with Crippen LogP contribution >= 0.6 is 15.9 Å². The van der Waals surface area contributed by atoms with E-state index in [4.69, 9.17) is 4.42 Å². The molecule has 1 saturated heterocycles. The molecule has 0 spiro atoms. The average Bonchev–Trinajstić information content (AvgIpc) is 3.21. The van der Waals surface area contributed by atoms with Gasteiger partial charge in [0.25, 0.3) is 11.8 Å². The predicted molar refractivity (Wildman–Crippen MR) is 119 cm³/mol. The van der Waals surface area contributed by atoms with E-state index in [9.17, 15) is 24.3 Å². The summed E-state index contributed by atoms with van der Waals surface area (Å²) in [6.45, 7) is 1.67. The topological polar surface area (TPSA) is 117 Å². The molecule has 1 fully saturated rings. The molecule has 0 aliphatic carbocycles. The minimum absolute atomic E-state index is 0.143. The van der Waals surface area contributed by atoms with Gasteiger partial charge in [-0.05, 0) is 61.0 Å². The Morgan fingerprint density at radius 2 is 1.78 bits per heavy atom. The van der Waals surface area contributed by atoms with Crippen LogP contribution in [0.4, 0.5) is 10.5 Å². The lowest BCUT2D eigenvalue weighted by atomic mass is 10.0. The van der Waals surface area contributed by atoms with Crippen LogP contribution < -0.4 is 10.2 Å². The van der Waals surface area contributed by atoms with Crippen LogP contribution in [0.2, 0.25) is 0 Å². The number of halogens is 1. The fourth-order valence-electron chi connectivity index (χ4n) is 3.33. The lowest BCUT2D eigenvalue weighted by molar-refractivity contribution is -0.122. The van der Waals surface area contributed by atoms with Gasteiger partial charge in [0.2, 0.25) is 0 Å². The number of anilines is 1. The largest absolute Gasteiger partial charge is 0.478 e. The number of amides is 4. The molecule has 0 atom stereocenters. The molecule has 0 radical (unpaired) electrons. The Morgan fingerprint density at radius 1 is 1.06 bits per heavy atom. The van der Waals surface area contributed by atoms with Crippen molar-refractivity contribution in [2.45, 2.75) is 6.92 Å². The summed E-state index contributed by atoms with van der Waals surface area (Å²) in [6, 6.07) is 13.6. The van der Waals surface area contributed by atoms with Crippen molar-refractivity contribution < 1.29 is 28.7 Å². The van der Waals surface area contributed by atoms with E-state index in [0.29, 0.717) is 22.6 Å². The number of imide groups is 2. The third kappa shape index (κ3) is 3.85. The lowest BCUT2D eigenvalue weighted by Crippen LogP contribution is -2.54. The SMILES string of the molecule is Cc1c(C(=O)O)cccc1-c1ccc(C=C2C(=O)NC(=O)N(c3ccc(Br)cc3)C2=O)o1. The summed E-state index contributed by atoms with van der Waals surface area (Å²) in [4.78, 5) is 49.8. The van der Waals surface area contributed by atoms with Crippen LogP contribution in [0.3, 0.4) is 0 Å². The third-order valence-electron chi connectivity index (χ3n) is 4.93. The van der Waals surface area contributed by atoms with Gasteiger partial charge in [0.05, 0.1) is 11.3 Å². The van der Waals surface area contributed by atoms with E-state index in [-0.39, 0.29) is 16.9 Å². The first kappa shape index (κ1) is 21.3. The molecular weight excluding hydrogens is 480 g/mol. The average molecular weight is 495 g/mol. The van der Waals surface area contributed by atoms with Crippen LogP contribution in [0.5, 0.6) is 0 Å². The van der Waals surface area contributed by atoms with Gasteiger partial charge >= 0.3 is 12.0 Å². The van der Waals surface area contributed by atoms with Crippen LogP contribution in [-0.2, 0) is 9.59 Å². The highest BCUT2D eigenvalue weighted by Crippen LogP contribution is 2.29. The second kappa shape index (κ2) is 8.27. The standard InChI is InChI=1S/C23H15BrN2O6/c1-12-16(3-2-4-17(12)22(29)30)19-10-9-15(32-19)11-18-20(27)25-23(31)26(21(18)28)14-7-5-13(24)6-8-14/h2-11H,1H3,(H,29,30)(H,25,27,31). The number of barbiturate groups is 1. The fourth-order valence-corrected chi connectivity index (χ4v) is 3.60.